The zero-order valence-electron chi connectivity index (χ0n) is 18.5. The number of carbonyl (C=O) groups is 4. The van der Waals surface area contributed by atoms with Crippen LogP contribution >= 0.6 is 11.6 Å². The molecule has 1 aliphatic heterocycles. The topological polar surface area (TPSA) is 105 Å². The molecule has 2 aromatic rings. The number of nitrogens with one attached hydrogen (secondary N) is 2. The second kappa shape index (κ2) is 10.1. The van der Waals surface area contributed by atoms with Crippen LogP contribution in [0.5, 0.6) is 5.75 Å². The summed E-state index contributed by atoms with van der Waals surface area (Å²) in [7, 11) is 0. The lowest BCUT2D eigenvalue weighted by Gasteiger charge is -2.15. The maximum atomic E-state index is 12.4. The third-order valence-electron chi connectivity index (χ3n) is 5.97. The number of hydrogen-bond donors (Lipinski definition) is 2. The third kappa shape index (κ3) is 5.12. The Bertz CT molecular complexity index is 1140. The molecule has 0 radical (unpaired) electrons. The SMILES string of the molecule is Cc1cc(OCc2ccc(C(=O)NNC(=O)CN3C(=O)C4CC=CCC4C3=O)cc2)ccc1Cl. The predicted octanol–water partition coefficient (Wildman–Crippen LogP) is 2.94. The van der Waals surface area contributed by atoms with Gasteiger partial charge >= 0.3 is 0 Å². The van der Waals surface area contributed by atoms with Crippen LogP contribution in [-0.2, 0) is 21.0 Å². The summed E-state index contributed by atoms with van der Waals surface area (Å²) >= 11 is 6.02. The monoisotopic (exact) mass is 481 g/mol. The normalized spacial score (nSPS) is 19.1. The highest BCUT2D eigenvalue weighted by atomic mass is 35.5. The highest BCUT2D eigenvalue weighted by Gasteiger charge is 2.47. The summed E-state index contributed by atoms with van der Waals surface area (Å²) in [5, 5.41) is 0.670. The first kappa shape index (κ1) is 23.5. The summed E-state index contributed by atoms with van der Waals surface area (Å²) in [6.07, 6.45) is 4.77. The molecule has 4 rings (SSSR count). The molecule has 2 unspecified atom stereocenters. The van der Waals surface area contributed by atoms with E-state index in [2.05, 4.69) is 10.9 Å². The van der Waals surface area contributed by atoms with Crippen LogP contribution in [0.2, 0.25) is 5.02 Å². The van der Waals surface area contributed by atoms with Crippen molar-refractivity contribution in [3.8, 4) is 5.75 Å². The van der Waals surface area contributed by atoms with Gasteiger partial charge in [-0.15, -0.1) is 0 Å². The molecule has 4 amide bonds. The fraction of sp³-hybridized carbons (Fsp3) is 0.280. The van der Waals surface area contributed by atoms with E-state index in [-0.39, 0.29) is 11.8 Å². The van der Waals surface area contributed by atoms with Crippen LogP contribution in [-0.4, -0.2) is 35.1 Å². The molecule has 2 aliphatic rings. The lowest BCUT2D eigenvalue weighted by molar-refractivity contribution is -0.143. The number of rotatable bonds is 6. The smallest absolute Gasteiger partial charge is 0.269 e. The summed E-state index contributed by atoms with van der Waals surface area (Å²) in [5.74, 6) is -1.95. The average Bonchev–Trinajstić information content (AvgIpc) is 3.08. The molecule has 2 aromatic carbocycles. The van der Waals surface area contributed by atoms with Crippen LogP contribution < -0.4 is 15.6 Å². The Morgan fingerprint density at radius 3 is 2.26 bits per heavy atom. The number of benzene rings is 2. The van der Waals surface area contributed by atoms with Gasteiger partial charge in [0, 0.05) is 10.6 Å². The highest BCUT2D eigenvalue weighted by Crippen LogP contribution is 2.34. The first-order valence-corrected chi connectivity index (χ1v) is 11.3. The standard InChI is InChI=1S/C25H24ClN3O5/c1-15-12-18(10-11-21(15)26)34-14-16-6-8-17(9-7-16)23(31)28-27-22(30)13-29-24(32)19-4-2-3-5-20(19)25(29)33/h2-3,6-12,19-20H,4-5,13-14H2,1H3,(H,27,30)(H,28,31). The van der Waals surface area contributed by atoms with Crippen molar-refractivity contribution in [2.24, 2.45) is 11.8 Å². The molecule has 0 aromatic heterocycles. The third-order valence-corrected chi connectivity index (χ3v) is 6.39. The Morgan fingerprint density at radius 2 is 1.65 bits per heavy atom. The van der Waals surface area contributed by atoms with Crippen LogP contribution in [0.3, 0.4) is 0 Å². The van der Waals surface area contributed by atoms with Crippen LogP contribution in [0.1, 0.15) is 34.3 Å². The largest absolute Gasteiger partial charge is 0.489 e. The van der Waals surface area contributed by atoms with E-state index in [0.717, 1.165) is 16.0 Å². The van der Waals surface area contributed by atoms with Crippen molar-refractivity contribution in [3.63, 3.8) is 0 Å². The molecule has 176 valence electrons. The van der Waals surface area contributed by atoms with Crippen molar-refractivity contribution >= 4 is 35.2 Å². The minimum atomic E-state index is -0.648. The molecule has 2 atom stereocenters. The molecule has 0 spiro atoms. The minimum absolute atomic E-state index is 0.315. The number of amides is 4. The van der Waals surface area contributed by atoms with Crippen molar-refractivity contribution in [1.29, 1.82) is 0 Å². The van der Waals surface area contributed by atoms with Crippen LogP contribution in [0.15, 0.2) is 54.6 Å². The van der Waals surface area contributed by atoms with Gasteiger partial charge in [0.1, 0.15) is 18.9 Å². The maximum absolute atomic E-state index is 12.4. The summed E-state index contributed by atoms with van der Waals surface area (Å²) < 4.78 is 5.74. The maximum Gasteiger partial charge on any atom is 0.269 e. The molecular weight excluding hydrogens is 458 g/mol. The van der Waals surface area contributed by atoms with Gasteiger partial charge in [0.25, 0.3) is 11.8 Å². The number of ether oxygens (including phenoxy) is 1. The van der Waals surface area contributed by atoms with Crippen molar-refractivity contribution < 1.29 is 23.9 Å². The Morgan fingerprint density at radius 1 is 1.00 bits per heavy atom. The number of fused-ring (bicyclic) bond motifs is 1. The second-order valence-corrected chi connectivity index (χ2v) is 8.72. The summed E-state index contributed by atoms with van der Waals surface area (Å²) in [4.78, 5) is 50.4. The Kier molecular flexibility index (Phi) is 6.98. The molecule has 34 heavy (non-hydrogen) atoms. The zero-order valence-corrected chi connectivity index (χ0v) is 19.3. The number of likely N-dealkylation sites (tertiary alicyclic amines) is 1. The lowest BCUT2D eigenvalue weighted by atomic mass is 9.85. The molecule has 0 saturated carbocycles. The number of halogens is 1. The molecule has 1 heterocycles. The number of aryl methyl sites for hydroxylation is 1. The average molecular weight is 482 g/mol. The van der Waals surface area contributed by atoms with Crippen molar-refractivity contribution in [3.05, 3.63) is 76.3 Å². The van der Waals surface area contributed by atoms with Gasteiger partial charge < -0.3 is 4.74 Å². The number of carbonyl (C=O) groups excluding carboxylic acids is 4. The Labute approximate surface area is 201 Å². The molecule has 2 N–H and O–H groups in total. The van der Waals surface area contributed by atoms with Gasteiger partial charge in [0.15, 0.2) is 0 Å². The lowest BCUT2D eigenvalue weighted by Crippen LogP contribution is -2.47. The molecule has 0 bridgehead atoms. The highest BCUT2D eigenvalue weighted by molar-refractivity contribution is 6.31. The fourth-order valence-electron chi connectivity index (χ4n) is 4.03. The van der Waals surface area contributed by atoms with Gasteiger partial charge in [0.2, 0.25) is 11.8 Å². The first-order valence-electron chi connectivity index (χ1n) is 10.9. The molecule has 8 nitrogen and oxygen atoms in total. The van der Waals surface area contributed by atoms with Gasteiger partial charge in [-0.2, -0.15) is 0 Å². The van der Waals surface area contributed by atoms with E-state index in [1.165, 1.54) is 0 Å². The van der Waals surface area contributed by atoms with Gasteiger partial charge in [-0.1, -0.05) is 35.9 Å². The summed E-state index contributed by atoms with van der Waals surface area (Å²) in [6.45, 7) is 1.78. The van der Waals surface area contributed by atoms with Crippen molar-refractivity contribution in [2.45, 2.75) is 26.4 Å². The van der Waals surface area contributed by atoms with Crippen LogP contribution in [0.25, 0.3) is 0 Å². The zero-order chi connectivity index (χ0) is 24.2. The minimum Gasteiger partial charge on any atom is -0.489 e. The quantitative estimate of drug-likeness (QED) is 0.375. The Balaban J connectivity index is 1.25. The Hall–Kier alpha value is -3.65. The van der Waals surface area contributed by atoms with E-state index < -0.39 is 30.2 Å². The van der Waals surface area contributed by atoms with Crippen molar-refractivity contribution in [2.75, 3.05) is 6.54 Å². The summed E-state index contributed by atoms with van der Waals surface area (Å²) in [6, 6.07) is 12.1. The second-order valence-electron chi connectivity index (χ2n) is 8.32. The van der Waals surface area contributed by atoms with E-state index >= 15 is 0 Å². The van der Waals surface area contributed by atoms with Gasteiger partial charge in [-0.05, 0) is 61.2 Å². The molecule has 1 saturated heterocycles. The predicted molar refractivity (Wildman–Crippen MR) is 125 cm³/mol. The number of hydrazine groups is 1. The molecule has 9 heteroatoms. The molecule has 1 fully saturated rings. The van der Waals surface area contributed by atoms with E-state index in [9.17, 15) is 19.2 Å². The van der Waals surface area contributed by atoms with E-state index in [4.69, 9.17) is 16.3 Å². The number of nitrogens with zero attached hydrogens (tertiary/aromatic N) is 1. The molecular formula is C25H24ClN3O5. The van der Waals surface area contributed by atoms with Crippen molar-refractivity contribution in [1.82, 2.24) is 15.8 Å². The molecule has 1 aliphatic carbocycles. The van der Waals surface area contributed by atoms with Crippen LogP contribution in [0.4, 0.5) is 0 Å². The van der Waals surface area contributed by atoms with Gasteiger partial charge in [-0.25, -0.2) is 0 Å². The van der Waals surface area contributed by atoms with E-state index in [0.29, 0.717) is 35.8 Å². The van der Waals surface area contributed by atoms with E-state index in [1.807, 2.05) is 25.1 Å². The van der Waals surface area contributed by atoms with Crippen LogP contribution in [0, 0.1) is 18.8 Å². The van der Waals surface area contributed by atoms with Gasteiger partial charge in [0.05, 0.1) is 11.8 Å². The summed E-state index contributed by atoms with van der Waals surface area (Å²) in [5.41, 5.74) is 6.68. The fourth-order valence-corrected chi connectivity index (χ4v) is 4.15. The number of imide groups is 1. The number of allylic oxidation sites excluding steroid dienone is 2. The first-order chi connectivity index (χ1) is 16.3. The van der Waals surface area contributed by atoms with Gasteiger partial charge in [-0.3, -0.25) is 34.9 Å². The number of hydrogen-bond acceptors (Lipinski definition) is 5. The van der Waals surface area contributed by atoms with E-state index in [1.54, 1.807) is 36.4 Å².